The van der Waals surface area contributed by atoms with Gasteiger partial charge in [0.05, 0.1) is 7.11 Å². The van der Waals surface area contributed by atoms with Crippen molar-refractivity contribution in [3.8, 4) is 5.75 Å². The van der Waals surface area contributed by atoms with Crippen LogP contribution in [0.5, 0.6) is 5.75 Å². The molecule has 1 amide bonds. The average molecular weight is 307 g/mol. The third kappa shape index (κ3) is 4.58. The highest BCUT2D eigenvalue weighted by atomic mass is 16.5. The van der Waals surface area contributed by atoms with E-state index in [0.717, 1.165) is 0 Å². The molecule has 0 heterocycles. The van der Waals surface area contributed by atoms with Gasteiger partial charge in [0.15, 0.2) is 11.9 Å². The van der Waals surface area contributed by atoms with Gasteiger partial charge in [-0.2, -0.15) is 0 Å². The summed E-state index contributed by atoms with van der Waals surface area (Å²) in [5, 5.41) is 2.56. The van der Waals surface area contributed by atoms with Crippen LogP contribution in [0.25, 0.3) is 0 Å². The fourth-order valence-corrected chi connectivity index (χ4v) is 1.76. The van der Waals surface area contributed by atoms with Gasteiger partial charge in [-0.25, -0.2) is 4.79 Å². The van der Waals surface area contributed by atoms with E-state index in [0.29, 0.717) is 11.3 Å². The van der Waals surface area contributed by atoms with Crippen LogP contribution in [0.2, 0.25) is 0 Å². The topological polar surface area (TPSA) is 81.7 Å². The summed E-state index contributed by atoms with van der Waals surface area (Å²) >= 11 is 0. The van der Waals surface area contributed by atoms with E-state index in [-0.39, 0.29) is 5.78 Å². The second kappa shape index (κ2) is 7.06. The van der Waals surface area contributed by atoms with Crippen LogP contribution in [0.1, 0.15) is 38.1 Å². The molecule has 0 aliphatic heterocycles. The van der Waals surface area contributed by atoms with Crippen LogP contribution in [0.15, 0.2) is 24.3 Å². The van der Waals surface area contributed by atoms with Gasteiger partial charge in [0.1, 0.15) is 11.3 Å². The fourth-order valence-electron chi connectivity index (χ4n) is 1.76. The number of amides is 1. The maximum Gasteiger partial charge on any atom is 0.330 e. The highest BCUT2D eigenvalue weighted by Crippen LogP contribution is 2.16. The summed E-state index contributed by atoms with van der Waals surface area (Å²) in [6.45, 7) is 6.09. The lowest BCUT2D eigenvalue weighted by molar-refractivity contribution is -0.150. The summed E-state index contributed by atoms with van der Waals surface area (Å²) in [7, 11) is 1.25. The molecule has 1 aromatic rings. The second-order valence-corrected chi connectivity index (χ2v) is 5.45. The Morgan fingerprint density at radius 1 is 1.23 bits per heavy atom. The summed E-state index contributed by atoms with van der Waals surface area (Å²) in [6.07, 6.45) is -0.828. The number of nitrogens with one attached hydrogen (secondary N) is 1. The highest BCUT2D eigenvalue weighted by molar-refractivity contribution is 5.94. The van der Waals surface area contributed by atoms with Crippen molar-refractivity contribution in [1.82, 2.24) is 5.32 Å². The molecule has 120 valence electrons. The number of carbonyl (C=O) groups excluding carboxylic acids is 3. The number of carbonyl (C=O) groups is 3. The smallest absolute Gasteiger partial charge is 0.330 e. The van der Waals surface area contributed by atoms with Crippen LogP contribution in [0, 0.1) is 0 Å². The van der Waals surface area contributed by atoms with Gasteiger partial charge in [-0.1, -0.05) is 12.1 Å². The van der Waals surface area contributed by atoms with Crippen molar-refractivity contribution < 1.29 is 23.9 Å². The van der Waals surface area contributed by atoms with Crippen molar-refractivity contribution in [3.05, 3.63) is 29.8 Å². The Morgan fingerprint density at radius 2 is 1.86 bits per heavy atom. The van der Waals surface area contributed by atoms with Crippen LogP contribution >= 0.6 is 0 Å². The Balaban J connectivity index is 2.74. The van der Waals surface area contributed by atoms with Gasteiger partial charge in [-0.3, -0.25) is 9.59 Å². The molecular weight excluding hydrogens is 286 g/mol. The number of benzene rings is 1. The Morgan fingerprint density at radius 3 is 2.41 bits per heavy atom. The van der Waals surface area contributed by atoms with Crippen molar-refractivity contribution in [2.75, 3.05) is 7.11 Å². The molecule has 1 rings (SSSR count). The van der Waals surface area contributed by atoms with Gasteiger partial charge in [0, 0.05) is 5.56 Å². The summed E-state index contributed by atoms with van der Waals surface area (Å²) in [5.74, 6) is -0.684. The monoisotopic (exact) mass is 307 g/mol. The van der Waals surface area contributed by atoms with Gasteiger partial charge in [0.2, 0.25) is 0 Å². The maximum absolute atomic E-state index is 12.1. The molecule has 0 bridgehead atoms. The minimum Gasteiger partial charge on any atom is -0.481 e. The molecule has 0 spiro atoms. The molecule has 0 saturated carbocycles. The third-order valence-corrected chi connectivity index (χ3v) is 3.05. The molecule has 1 aromatic carbocycles. The standard InChI is InChI=1S/C16H21NO5/c1-10(18)12-7-6-8-13(9-12)22-11(2)14(19)17-16(3,4)15(20)21-5/h6-9,11H,1-5H3,(H,17,19). The van der Waals surface area contributed by atoms with Gasteiger partial charge in [-0.15, -0.1) is 0 Å². The van der Waals surface area contributed by atoms with Crippen LogP contribution < -0.4 is 10.1 Å². The van der Waals surface area contributed by atoms with E-state index in [1.165, 1.54) is 14.0 Å². The number of ether oxygens (including phenoxy) is 2. The number of methoxy groups -OCH3 is 1. The molecule has 0 aliphatic rings. The largest absolute Gasteiger partial charge is 0.481 e. The van der Waals surface area contributed by atoms with E-state index >= 15 is 0 Å². The lowest BCUT2D eigenvalue weighted by Crippen LogP contribution is -2.53. The summed E-state index contributed by atoms with van der Waals surface area (Å²) in [4.78, 5) is 35.0. The number of esters is 1. The quantitative estimate of drug-likeness (QED) is 0.639. The van der Waals surface area contributed by atoms with Gasteiger partial charge >= 0.3 is 5.97 Å². The SMILES string of the molecule is COC(=O)C(C)(C)NC(=O)C(C)Oc1cccc(C(C)=O)c1. The predicted molar refractivity (Wildman–Crippen MR) is 80.8 cm³/mol. The van der Waals surface area contributed by atoms with Gasteiger partial charge < -0.3 is 14.8 Å². The first-order valence-corrected chi connectivity index (χ1v) is 6.85. The highest BCUT2D eigenvalue weighted by Gasteiger charge is 2.32. The Labute approximate surface area is 129 Å². The molecule has 0 fully saturated rings. The Bertz CT molecular complexity index is 580. The van der Waals surface area contributed by atoms with E-state index in [2.05, 4.69) is 10.1 Å². The lowest BCUT2D eigenvalue weighted by Gasteiger charge is -2.25. The number of hydrogen-bond acceptors (Lipinski definition) is 5. The van der Waals surface area contributed by atoms with Gasteiger partial charge in [-0.05, 0) is 39.8 Å². The average Bonchev–Trinajstić information content (AvgIpc) is 2.45. The fraction of sp³-hybridized carbons (Fsp3) is 0.438. The van der Waals surface area contributed by atoms with E-state index in [1.54, 1.807) is 45.0 Å². The molecule has 22 heavy (non-hydrogen) atoms. The zero-order valence-corrected chi connectivity index (χ0v) is 13.4. The number of hydrogen-bond donors (Lipinski definition) is 1. The molecule has 1 unspecified atom stereocenters. The van der Waals surface area contributed by atoms with Crippen LogP contribution in [0.3, 0.4) is 0 Å². The van der Waals surface area contributed by atoms with Crippen molar-refractivity contribution in [3.63, 3.8) is 0 Å². The first-order valence-electron chi connectivity index (χ1n) is 6.85. The van der Waals surface area contributed by atoms with Crippen molar-refractivity contribution >= 4 is 17.7 Å². The normalized spacial score (nSPS) is 12.2. The number of rotatable bonds is 6. The Hall–Kier alpha value is -2.37. The maximum atomic E-state index is 12.1. The third-order valence-electron chi connectivity index (χ3n) is 3.05. The van der Waals surface area contributed by atoms with E-state index in [1.807, 2.05) is 0 Å². The molecule has 0 aromatic heterocycles. The summed E-state index contributed by atoms with van der Waals surface area (Å²) in [6, 6.07) is 6.56. The van der Waals surface area contributed by atoms with Crippen molar-refractivity contribution in [2.24, 2.45) is 0 Å². The van der Waals surface area contributed by atoms with E-state index in [9.17, 15) is 14.4 Å². The molecule has 0 aliphatic carbocycles. The van der Waals surface area contributed by atoms with Crippen LogP contribution in [-0.2, 0) is 14.3 Å². The number of Topliss-reactive ketones (excluding diaryl/α,β-unsaturated/α-hetero) is 1. The molecular formula is C16H21NO5. The summed E-state index contributed by atoms with van der Waals surface area (Å²) < 4.78 is 10.1. The molecule has 0 saturated heterocycles. The minimum absolute atomic E-state index is 0.0885. The lowest BCUT2D eigenvalue weighted by atomic mass is 10.1. The Kier molecular flexibility index (Phi) is 5.68. The zero-order chi connectivity index (χ0) is 16.9. The molecule has 1 N–H and O–H groups in total. The first kappa shape index (κ1) is 17.7. The van der Waals surface area contributed by atoms with Crippen LogP contribution in [-0.4, -0.2) is 36.4 Å². The molecule has 6 heteroatoms. The van der Waals surface area contributed by atoms with Gasteiger partial charge in [0.25, 0.3) is 5.91 Å². The predicted octanol–water partition coefficient (Wildman–Crippen LogP) is 1.72. The van der Waals surface area contributed by atoms with E-state index in [4.69, 9.17) is 4.74 Å². The molecule has 1 atom stereocenters. The minimum atomic E-state index is -1.15. The molecule has 0 radical (unpaired) electrons. The summed E-state index contributed by atoms with van der Waals surface area (Å²) in [5.41, 5.74) is -0.648. The first-order chi connectivity index (χ1) is 10.2. The van der Waals surface area contributed by atoms with E-state index < -0.39 is 23.5 Å². The van der Waals surface area contributed by atoms with Crippen LogP contribution in [0.4, 0.5) is 0 Å². The second-order valence-electron chi connectivity index (χ2n) is 5.45. The number of ketones is 1. The van der Waals surface area contributed by atoms with Crippen molar-refractivity contribution in [2.45, 2.75) is 39.3 Å². The molecule has 6 nitrogen and oxygen atoms in total. The zero-order valence-electron chi connectivity index (χ0n) is 13.4. The van der Waals surface area contributed by atoms with Crippen molar-refractivity contribution in [1.29, 1.82) is 0 Å².